The number of hydrogen-bond donors (Lipinski definition) is 9. The first kappa shape index (κ1) is 33.3. The first-order valence-corrected chi connectivity index (χ1v) is 12.8. The lowest BCUT2D eigenvalue weighted by Gasteiger charge is -2.25. The first-order valence-electron chi connectivity index (χ1n) is 12.8. The van der Waals surface area contributed by atoms with Crippen LogP contribution in [0.5, 0.6) is 5.75 Å². The molecule has 39 heavy (non-hydrogen) atoms. The van der Waals surface area contributed by atoms with E-state index >= 15 is 0 Å². The Balaban J connectivity index is 2.99. The summed E-state index contributed by atoms with van der Waals surface area (Å²) in [7, 11) is 0. The van der Waals surface area contributed by atoms with Crippen LogP contribution in [0.25, 0.3) is 0 Å². The van der Waals surface area contributed by atoms with Gasteiger partial charge in [0, 0.05) is 6.42 Å². The predicted molar refractivity (Wildman–Crippen MR) is 143 cm³/mol. The largest absolute Gasteiger partial charge is 0.508 e. The Labute approximate surface area is 227 Å². The monoisotopic (exact) mass is 551 g/mol. The van der Waals surface area contributed by atoms with Crippen LogP contribution in [0.4, 0.5) is 0 Å². The van der Waals surface area contributed by atoms with E-state index in [1.165, 1.54) is 24.3 Å². The highest BCUT2D eigenvalue weighted by Crippen LogP contribution is 2.12. The number of rotatable bonds is 19. The number of carboxylic acid groups (broad SMARTS) is 1. The van der Waals surface area contributed by atoms with Crippen LogP contribution in [-0.4, -0.2) is 77.1 Å². The van der Waals surface area contributed by atoms with Crippen LogP contribution in [0.1, 0.15) is 50.5 Å². The van der Waals surface area contributed by atoms with Crippen molar-refractivity contribution in [3.8, 4) is 5.75 Å². The third-order valence-corrected chi connectivity index (χ3v) is 5.91. The number of carboxylic acids is 1. The molecule has 4 atom stereocenters. The Kier molecular flexibility index (Phi) is 15.1. The van der Waals surface area contributed by atoms with E-state index in [2.05, 4.69) is 16.0 Å². The summed E-state index contributed by atoms with van der Waals surface area (Å²) in [5, 5.41) is 26.4. The number of carbonyl (C=O) groups is 5. The van der Waals surface area contributed by atoms with Gasteiger partial charge in [-0.15, -0.1) is 0 Å². The molecule has 0 fully saturated rings. The van der Waals surface area contributed by atoms with Crippen molar-refractivity contribution in [3.63, 3.8) is 0 Å². The van der Waals surface area contributed by atoms with Crippen LogP contribution < -0.4 is 38.9 Å². The van der Waals surface area contributed by atoms with Crippen LogP contribution in [-0.2, 0) is 30.4 Å². The molecule has 0 aliphatic rings. The molecule has 14 nitrogen and oxygen atoms in total. The minimum atomic E-state index is -1.40. The fraction of sp³-hybridized carbons (Fsp3) is 0.560. The van der Waals surface area contributed by atoms with Gasteiger partial charge < -0.3 is 49.1 Å². The molecule has 0 saturated carbocycles. The SMILES string of the molecule is NCCCCC(N)C(=O)NC(CC(N)=O)C(=O)NC(CCCCN)C(=O)NC(Cc1ccc(O)cc1)C(=O)O. The zero-order valence-corrected chi connectivity index (χ0v) is 21.9. The summed E-state index contributed by atoms with van der Waals surface area (Å²) in [5.41, 5.74) is 22.7. The maximum absolute atomic E-state index is 13.1. The van der Waals surface area contributed by atoms with Crippen molar-refractivity contribution in [1.82, 2.24) is 16.0 Å². The molecular formula is C25H41N7O7. The first-order chi connectivity index (χ1) is 18.5. The Hall–Kier alpha value is -3.75. The maximum Gasteiger partial charge on any atom is 0.326 e. The van der Waals surface area contributed by atoms with Gasteiger partial charge in [-0.05, 0) is 62.9 Å². The van der Waals surface area contributed by atoms with E-state index in [0.29, 0.717) is 50.8 Å². The van der Waals surface area contributed by atoms with E-state index in [1.807, 2.05) is 0 Å². The van der Waals surface area contributed by atoms with E-state index in [-0.39, 0.29) is 18.6 Å². The average molecular weight is 552 g/mol. The number of phenolic OH excluding ortho intramolecular Hbond substituents is 1. The summed E-state index contributed by atoms with van der Waals surface area (Å²) in [6, 6.07) is 0.977. The number of nitrogens with one attached hydrogen (secondary N) is 3. The predicted octanol–water partition coefficient (Wildman–Crippen LogP) is -2.07. The van der Waals surface area contributed by atoms with Crippen molar-refractivity contribution < 1.29 is 34.2 Å². The highest BCUT2D eigenvalue weighted by atomic mass is 16.4. The zero-order chi connectivity index (χ0) is 29.4. The van der Waals surface area contributed by atoms with Gasteiger partial charge in [-0.25, -0.2) is 4.79 Å². The fourth-order valence-corrected chi connectivity index (χ4v) is 3.70. The molecule has 13 N–H and O–H groups in total. The van der Waals surface area contributed by atoms with Crippen molar-refractivity contribution >= 4 is 29.6 Å². The molecule has 14 heteroatoms. The molecule has 218 valence electrons. The van der Waals surface area contributed by atoms with Gasteiger partial charge in [-0.2, -0.15) is 0 Å². The van der Waals surface area contributed by atoms with Gasteiger partial charge in [0.25, 0.3) is 0 Å². The van der Waals surface area contributed by atoms with Crippen LogP contribution in [0.2, 0.25) is 0 Å². The van der Waals surface area contributed by atoms with Gasteiger partial charge in [0.2, 0.25) is 23.6 Å². The lowest BCUT2D eigenvalue weighted by atomic mass is 10.0. The Morgan fingerprint density at radius 3 is 1.79 bits per heavy atom. The zero-order valence-electron chi connectivity index (χ0n) is 21.9. The van der Waals surface area contributed by atoms with Gasteiger partial charge >= 0.3 is 5.97 Å². The molecule has 0 radical (unpaired) electrons. The number of phenols is 1. The minimum Gasteiger partial charge on any atom is -0.508 e. The Morgan fingerprint density at radius 1 is 0.744 bits per heavy atom. The number of benzene rings is 1. The van der Waals surface area contributed by atoms with Crippen LogP contribution in [0, 0.1) is 0 Å². The normalized spacial score (nSPS) is 13.9. The molecule has 4 unspecified atom stereocenters. The number of primary amides is 1. The molecule has 0 aliphatic heterocycles. The summed E-state index contributed by atoms with van der Waals surface area (Å²) in [4.78, 5) is 62.1. The minimum absolute atomic E-state index is 0.00598. The van der Waals surface area contributed by atoms with Crippen LogP contribution >= 0.6 is 0 Å². The molecule has 0 bridgehead atoms. The fourth-order valence-electron chi connectivity index (χ4n) is 3.70. The average Bonchev–Trinajstić information content (AvgIpc) is 2.88. The summed E-state index contributed by atoms with van der Waals surface area (Å²) < 4.78 is 0. The summed E-state index contributed by atoms with van der Waals surface area (Å²) >= 11 is 0. The Bertz CT molecular complexity index is 959. The molecule has 0 aromatic heterocycles. The van der Waals surface area contributed by atoms with Gasteiger partial charge in [0.1, 0.15) is 23.9 Å². The van der Waals surface area contributed by atoms with Crippen molar-refractivity contribution in [2.45, 2.75) is 75.5 Å². The molecule has 1 aromatic rings. The van der Waals surface area contributed by atoms with Crippen molar-refractivity contribution in [1.29, 1.82) is 0 Å². The number of aromatic hydroxyl groups is 1. The van der Waals surface area contributed by atoms with Gasteiger partial charge in [-0.3, -0.25) is 19.2 Å². The van der Waals surface area contributed by atoms with Gasteiger partial charge in [0.15, 0.2) is 0 Å². The number of amides is 4. The van der Waals surface area contributed by atoms with E-state index in [1.54, 1.807) is 0 Å². The highest BCUT2D eigenvalue weighted by Gasteiger charge is 2.31. The number of unbranched alkanes of at least 4 members (excludes halogenated alkanes) is 2. The molecule has 1 aromatic carbocycles. The molecule has 4 amide bonds. The van der Waals surface area contributed by atoms with Crippen LogP contribution in [0.3, 0.4) is 0 Å². The second-order valence-electron chi connectivity index (χ2n) is 9.24. The standard InChI is InChI=1S/C25H41N7O7/c26-11-3-1-5-17(28)22(35)31-19(14-21(29)34)24(37)30-18(6-2-4-12-27)23(36)32-20(25(38)39)13-15-7-9-16(33)10-8-15/h7-10,17-20,33H,1-6,11-14,26-28H2,(H2,29,34)(H,30,37)(H,31,35)(H,32,36)(H,38,39). The lowest BCUT2D eigenvalue weighted by molar-refractivity contribution is -0.142. The van der Waals surface area contributed by atoms with E-state index in [9.17, 15) is 34.2 Å². The lowest BCUT2D eigenvalue weighted by Crippen LogP contribution is -2.57. The topological polar surface area (TPSA) is 266 Å². The highest BCUT2D eigenvalue weighted by molar-refractivity contribution is 5.96. The molecule has 0 spiro atoms. The second kappa shape index (κ2) is 17.7. The molecule has 0 saturated heterocycles. The maximum atomic E-state index is 13.1. The number of aliphatic carboxylic acids is 1. The van der Waals surface area contributed by atoms with Crippen LogP contribution in [0.15, 0.2) is 24.3 Å². The molecule has 1 rings (SSSR count). The summed E-state index contributed by atoms with van der Waals surface area (Å²) in [5.74, 6) is -4.45. The quantitative estimate of drug-likeness (QED) is 0.0848. The molecule has 0 heterocycles. The second-order valence-corrected chi connectivity index (χ2v) is 9.24. The van der Waals surface area contributed by atoms with E-state index in [0.717, 1.165) is 0 Å². The third kappa shape index (κ3) is 13.0. The van der Waals surface area contributed by atoms with Gasteiger partial charge in [-0.1, -0.05) is 18.6 Å². The third-order valence-electron chi connectivity index (χ3n) is 5.91. The summed E-state index contributed by atoms with van der Waals surface area (Å²) in [6.45, 7) is 0.773. The van der Waals surface area contributed by atoms with Crippen molar-refractivity contribution in [3.05, 3.63) is 29.8 Å². The smallest absolute Gasteiger partial charge is 0.326 e. The number of nitrogens with two attached hydrogens (primary N) is 4. The van der Waals surface area contributed by atoms with E-state index < -0.39 is 60.2 Å². The van der Waals surface area contributed by atoms with E-state index in [4.69, 9.17) is 22.9 Å². The summed E-state index contributed by atoms with van der Waals surface area (Å²) in [6.07, 6.45) is 2.05. The van der Waals surface area contributed by atoms with Crippen molar-refractivity contribution in [2.24, 2.45) is 22.9 Å². The number of hydrogen-bond acceptors (Lipinski definition) is 9. The van der Waals surface area contributed by atoms with Crippen molar-refractivity contribution in [2.75, 3.05) is 13.1 Å². The number of carbonyl (C=O) groups excluding carboxylic acids is 4. The molecular weight excluding hydrogens is 510 g/mol. The Morgan fingerprint density at radius 2 is 1.26 bits per heavy atom. The van der Waals surface area contributed by atoms with Gasteiger partial charge in [0.05, 0.1) is 12.5 Å². The molecule has 0 aliphatic carbocycles.